The first-order chi connectivity index (χ1) is 23.9. The van der Waals surface area contributed by atoms with Crippen molar-refractivity contribution in [1.29, 1.82) is 0 Å². The van der Waals surface area contributed by atoms with Crippen molar-refractivity contribution < 1.29 is 38.2 Å². The molecule has 272 valence electrons. The molecule has 5 amide bonds. The number of carbonyl (C=O) groups excluding carboxylic acids is 3. The Bertz CT molecular complexity index is 1580. The van der Waals surface area contributed by atoms with Crippen molar-refractivity contribution in [2.45, 2.75) is 72.1 Å². The van der Waals surface area contributed by atoms with Crippen molar-refractivity contribution in [3.8, 4) is 11.5 Å². The highest BCUT2D eigenvalue weighted by molar-refractivity contribution is 6.03. The Kier molecular flexibility index (Phi) is 13.5. The van der Waals surface area contributed by atoms with E-state index >= 15 is 0 Å². The number of anilines is 3. The second kappa shape index (κ2) is 17.7. The average Bonchev–Trinajstić information content (AvgIpc) is 3.41. The van der Waals surface area contributed by atoms with Crippen LogP contribution in [0.2, 0.25) is 0 Å². The number of rotatable bonds is 8. The third kappa shape index (κ3) is 10.1. The molecule has 0 aliphatic carbocycles. The first-order valence-electron chi connectivity index (χ1n) is 16.9. The fraction of sp³-hybridized carbons (Fsp3) is 0.500. The Hall–Kier alpha value is -4.82. The summed E-state index contributed by atoms with van der Waals surface area (Å²) in [7, 11) is 3.28. The van der Waals surface area contributed by atoms with Crippen LogP contribution in [0.3, 0.4) is 0 Å². The van der Waals surface area contributed by atoms with Crippen molar-refractivity contribution in [2.24, 2.45) is 5.92 Å². The molecule has 0 saturated carbocycles. The van der Waals surface area contributed by atoms with Gasteiger partial charge in [0, 0.05) is 44.0 Å². The molecule has 2 aromatic carbocycles. The van der Waals surface area contributed by atoms with E-state index in [-0.39, 0.29) is 49.2 Å². The van der Waals surface area contributed by atoms with Gasteiger partial charge >= 0.3 is 12.1 Å². The van der Waals surface area contributed by atoms with Crippen molar-refractivity contribution in [3.05, 3.63) is 59.5 Å². The SMILES string of the molecule is COc1ccc(NC(=O)N(C)C[C@H]2OCCCC[C@H](C)Oc3ccc(NC(=O)Nc4c(C)noc4C)cc3C(=O)N([C@H](C)CO)C[C@@H]2C)cc1. The number of fused-ring (bicyclic) bond motifs is 1. The molecule has 0 spiro atoms. The van der Waals surface area contributed by atoms with E-state index in [1.165, 1.54) is 0 Å². The van der Waals surface area contributed by atoms with Crippen LogP contribution in [0, 0.1) is 19.8 Å². The number of urea groups is 2. The van der Waals surface area contributed by atoms with Gasteiger partial charge in [-0.15, -0.1) is 0 Å². The van der Waals surface area contributed by atoms with Gasteiger partial charge in [-0.1, -0.05) is 12.1 Å². The Balaban J connectivity index is 1.57. The molecule has 0 unspecified atom stereocenters. The largest absolute Gasteiger partial charge is 0.497 e. The fourth-order valence-electron chi connectivity index (χ4n) is 5.65. The number of amides is 5. The molecule has 2 heterocycles. The molecule has 1 aliphatic heterocycles. The lowest BCUT2D eigenvalue weighted by Gasteiger charge is -2.35. The molecular weight excluding hydrogens is 644 g/mol. The third-order valence-corrected chi connectivity index (χ3v) is 8.72. The van der Waals surface area contributed by atoms with Crippen LogP contribution >= 0.6 is 0 Å². The quantitative estimate of drug-likeness (QED) is 0.224. The summed E-state index contributed by atoms with van der Waals surface area (Å²) in [6.07, 6.45) is 1.70. The minimum atomic E-state index is -0.556. The van der Waals surface area contributed by atoms with Crippen LogP contribution in [0.15, 0.2) is 47.0 Å². The van der Waals surface area contributed by atoms with Crippen molar-refractivity contribution in [1.82, 2.24) is 15.0 Å². The van der Waals surface area contributed by atoms with Gasteiger partial charge in [-0.05, 0) is 89.4 Å². The summed E-state index contributed by atoms with van der Waals surface area (Å²) in [5, 5.41) is 22.5. The molecule has 0 saturated heterocycles. The summed E-state index contributed by atoms with van der Waals surface area (Å²) >= 11 is 0. The van der Waals surface area contributed by atoms with Gasteiger partial charge in [0.15, 0.2) is 5.76 Å². The molecule has 1 aliphatic rings. The Labute approximate surface area is 293 Å². The number of nitrogens with one attached hydrogen (secondary N) is 3. The number of benzene rings is 2. The fourth-order valence-corrected chi connectivity index (χ4v) is 5.65. The summed E-state index contributed by atoms with van der Waals surface area (Å²) in [6, 6.07) is 10.6. The van der Waals surface area contributed by atoms with Crippen LogP contribution in [0.5, 0.6) is 11.5 Å². The van der Waals surface area contributed by atoms with Gasteiger partial charge in [-0.2, -0.15) is 0 Å². The number of aliphatic hydroxyl groups excluding tert-OH is 1. The maximum absolute atomic E-state index is 14.4. The second-order valence-electron chi connectivity index (χ2n) is 12.8. The number of carbonyl (C=O) groups is 3. The summed E-state index contributed by atoms with van der Waals surface area (Å²) in [5.74, 6) is 0.911. The molecule has 14 heteroatoms. The second-order valence-corrected chi connectivity index (χ2v) is 12.8. The number of aliphatic hydroxyl groups is 1. The number of aryl methyl sites for hydroxylation is 2. The van der Waals surface area contributed by atoms with E-state index in [4.69, 9.17) is 18.7 Å². The van der Waals surface area contributed by atoms with Gasteiger partial charge in [0.05, 0.1) is 37.5 Å². The van der Waals surface area contributed by atoms with Crippen LogP contribution < -0.4 is 25.4 Å². The Morgan fingerprint density at radius 1 is 1.08 bits per heavy atom. The van der Waals surface area contributed by atoms with Gasteiger partial charge in [0.1, 0.15) is 22.9 Å². The molecule has 3 aromatic rings. The molecule has 0 bridgehead atoms. The molecule has 4 N–H and O–H groups in total. The average molecular weight is 695 g/mol. The molecule has 4 atom stereocenters. The molecular formula is C36H50N6O8. The number of aromatic nitrogens is 1. The lowest BCUT2D eigenvalue weighted by Crippen LogP contribution is -2.48. The summed E-state index contributed by atoms with van der Waals surface area (Å²) in [5.41, 5.74) is 2.24. The Morgan fingerprint density at radius 2 is 1.80 bits per heavy atom. The number of ether oxygens (including phenoxy) is 3. The third-order valence-electron chi connectivity index (χ3n) is 8.72. The van der Waals surface area contributed by atoms with E-state index in [1.807, 2.05) is 13.8 Å². The number of methoxy groups -OCH3 is 1. The molecule has 4 rings (SSSR count). The zero-order valence-corrected chi connectivity index (χ0v) is 29.9. The van der Waals surface area contributed by atoms with Crippen LogP contribution in [0.4, 0.5) is 26.7 Å². The zero-order chi connectivity index (χ0) is 36.4. The molecule has 1 aromatic heterocycles. The van der Waals surface area contributed by atoms with Gasteiger partial charge < -0.3 is 49.6 Å². The lowest BCUT2D eigenvalue weighted by molar-refractivity contribution is -0.0115. The maximum atomic E-state index is 14.4. The smallest absolute Gasteiger partial charge is 0.323 e. The molecule has 14 nitrogen and oxygen atoms in total. The summed E-state index contributed by atoms with van der Waals surface area (Å²) < 4.78 is 23.0. The van der Waals surface area contributed by atoms with Crippen LogP contribution in [-0.2, 0) is 4.74 Å². The van der Waals surface area contributed by atoms with E-state index in [0.717, 1.165) is 19.3 Å². The zero-order valence-electron chi connectivity index (χ0n) is 29.9. The normalized spacial score (nSPS) is 19.3. The summed E-state index contributed by atoms with van der Waals surface area (Å²) in [4.78, 5) is 43.6. The first kappa shape index (κ1) is 38.0. The highest BCUT2D eigenvalue weighted by Crippen LogP contribution is 2.29. The Morgan fingerprint density at radius 3 is 2.46 bits per heavy atom. The summed E-state index contributed by atoms with van der Waals surface area (Å²) in [6.45, 7) is 9.77. The number of hydrogen-bond acceptors (Lipinski definition) is 9. The topological polar surface area (TPSA) is 168 Å². The maximum Gasteiger partial charge on any atom is 0.323 e. The van der Waals surface area contributed by atoms with Crippen LogP contribution in [0.25, 0.3) is 0 Å². The number of likely N-dealkylation sites (N-methyl/N-ethyl adjacent to an activating group) is 1. The van der Waals surface area contributed by atoms with E-state index in [0.29, 0.717) is 46.6 Å². The van der Waals surface area contributed by atoms with Crippen molar-refractivity contribution in [3.63, 3.8) is 0 Å². The number of nitrogens with zero attached hydrogens (tertiary/aromatic N) is 3. The standard InChI is InChI=1S/C36H50N6O8/c1-22-19-42(23(2)21-43)34(44)30-18-28(37-35(45)39-33-25(4)40-50-26(33)5)13-16-31(30)49-24(3)10-8-9-17-48-32(22)20-41(6)36(46)38-27-11-14-29(47-7)15-12-27/h11-16,18,22-24,32,43H,8-10,17,19-21H2,1-7H3,(H,38,46)(H2,37,39,45)/t22-,23+,24-,32+/m0/s1. The van der Waals surface area contributed by atoms with Gasteiger partial charge in [0.25, 0.3) is 5.91 Å². The van der Waals surface area contributed by atoms with Gasteiger partial charge in [-0.3, -0.25) is 4.79 Å². The highest BCUT2D eigenvalue weighted by Gasteiger charge is 2.31. The monoisotopic (exact) mass is 694 g/mol. The number of hydrogen-bond donors (Lipinski definition) is 4. The van der Waals surface area contributed by atoms with E-state index in [2.05, 4.69) is 21.1 Å². The minimum Gasteiger partial charge on any atom is -0.497 e. The molecule has 50 heavy (non-hydrogen) atoms. The first-order valence-corrected chi connectivity index (χ1v) is 16.9. The van der Waals surface area contributed by atoms with Crippen molar-refractivity contribution >= 4 is 35.0 Å². The van der Waals surface area contributed by atoms with Crippen LogP contribution in [-0.4, -0.2) is 96.7 Å². The molecule has 0 radical (unpaired) electrons. The molecule has 0 fully saturated rings. The van der Waals surface area contributed by atoms with E-state index < -0.39 is 18.2 Å². The highest BCUT2D eigenvalue weighted by atomic mass is 16.5. The van der Waals surface area contributed by atoms with Gasteiger partial charge in [-0.25, -0.2) is 9.59 Å². The van der Waals surface area contributed by atoms with E-state index in [1.54, 1.807) is 87.2 Å². The van der Waals surface area contributed by atoms with Crippen LogP contribution in [0.1, 0.15) is 61.8 Å². The lowest BCUT2D eigenvalue weighted by atomic mass is 10.0. The van der Waals surface area contributed by atoms with E-state index in [9.17, 15) is 19.5 Å². The predicted molar refractivity (Wildman–Crippen MR) is 190 cm³/mol. The van der Waals surface area contributed by atoms with Gasteiger partial charge in [0.2, 0.25) is 0 Å². The predicted octanol–water partition coefficient (Wildman–Crippen LogP) is 5.90. The van der Waals surface area contributed by atoms with Crippen molar-refractivity contribution in [2.75, 3.05) is 56.4 Å². The minimum absolute atomic E-state index is 0.211.